The number of hydrogen-bond donors (Lipinski definition) is 0. The molecule has 0 spiro atoms. The normalized spacial score (nSPS) is 16.4. The molecule has 29 heavy (non-hydrogen) atoms. The first kappa shape index (κ1) is 19.8. The molecule has 154 valence electrons. The molecule has 1 aliphatic rings. The first-order valence-electron chi connectivity index (χ1n) is 9.62. The number of piperazine rings is 1. The zero-order valence-corrected chi connectivity index (χ0v) is 17.8. The third-order valence-electron chi connectivity index (χ3n) is 5.47. The first-order valence-corrected chi connectivity index (χ1v) is 11.1. The fourth-order valence-corrected chi connectivity index (χ4v) is 4.93. The van der Waals surface area contributed by atoms with E-state index in [1.165, 1.54) is 10.5 Å². The molecule has 1 aromatic carbocycles. The van der Waals surface area contributed by atoms with Gasteiger partial charge >= 0.3 is 0 Å². The smallest absolute Gasteiger partial charge is 0.244 e. The molecule has 0 atom stereocenters. The number of benzene rings is 1. The van der Waals surface area contributed by atoms with Crippen LogP contribution in [0, 0.1) is 0 Å². The summed E-state index contributed by atoms with van der Waals surface area (Å²) in [5, 5.41) is 0. The lowest BCUT2D eigenvalue weighted by atomic mass is 10.3. The summed E-state index contributed by atoms with van der Waals surface area (Å²) in [5.41, 5.74) is 2.04. The largest absolute Gasteiger partial charge is 0.352 e. The van der Waals surface area contributed by atoms with Gasteiger partial charge in [0.1, 0.15) is 16.5 Å². The minimum Gasteiger partial charge on any atom is -0.352 e. The summed E-state index contributed by atoms with van der Waals surface area (Å²) in [4.78, 5) is 13.4. The molecule has 3 aromatic rings. The van der Waals surface area contributed by atoms with Crippen LogP contribution in [0.5, 0.6) is 0 Å². The summed E-state index contributed by atoms with van der Waals surface area (Å²) >= 11 is 0. The van der Waals surface area contributed by atoms with E-state index in [-0.39, 0.29) is 4.90 Å². The molecule has 0 bridgehead atoms. The molecule has 2 aromatic heterocycles. The summed E-state index contributed by atoms with van der Waals surface area (Å²) in [5.74, 6) is 1.62. The molecular formula is C20H26N6O2S. The molecule has 8 nitrogen and oxygen atoms in total. The molecule has 0 radical (unpaired) electrons. The van der Waals surface area contributed by atoms with Crippen molar-refractivity contribution in [3.05, 3.63) is 48.4 Å². The molecule has 1 saturated heterocycles. The number of nitrogens with zero attached hydrogens (tertiary/aromatic N) is 6. The number of hydrogen-bond acceptors (Lipinski definition) is 6. The summed E-state index contributed by atoms with van der Waals surface area (Å²) in [6.45, 7) is 3.07. The van der Waals surface area contributed by atoms with E-state index in [0.717, 1.165) is 29.9 Å². The average Bonchev–Trinajstić information content (AvgIpc) is 3.04. The molecule has 4 rings (SSSR count). The Hall–Kier alpha value is -2.49. The molecule has 0 amide bonds. The summed E-state index contributed by atoms with van der Waals surface area (Å²) in [7, 11) is 2.42. The topological polar surface area (TPSA) is 74.6 Å². The minimum absolute atomic E-state index is 0.238. The second-order valence-corrected chi connectivity index (χ2v) is 9.43. The van der Waals surface area contributed by atoms with Crippen molar-refractivity contribution < 1.29 is 8.42 Å². The van der Waals surface area contributed by atoms with Crippen LogP contribution in [0.4, 0.5) is 5.82 Å². The Morgan fingerprint density at radius 2 is 1.76 bits per heavy atom. The minimum atomic E-state index is -3.50. The molecule has 3 heterocycles. The number of rotatable bonds is 5. The third kappa shape index (κ3) is 3.85. The number of aryl methyl sites for hydroxylation is 1. The van der Waals surface area contributed by atoms with Gasteiger partial charge in [0.15, 0.2) is 0 Å². The van der Waals surface area contributed by atoms with Crippen LogP contribution >= 0.6 is 0 Å². The molecule has 1 fully saturated rings. The van der Waals surface area contributed by atoms with Gasteiger partial charge in [0.25, 0.3) is 0 Å². The molecule has 1 aliphatic heterocycles. The second kappa shape index (κ2) is 7.74. The van der Waals surface area contributed by atoms with Crippen molar-refractivity contribution in [3.8, 4) is 0 Å². The monoisotopic (exact) mass is 414 g/mol. The second-order valence-electron chi connectivity index (χ2n) is 7.49. The molecule has 0 aliphatic carbocycles. The number of pyridine rings is 1. The fraction of sp³-hybridized carbons (Fsp3) is 0.400. The first-order chi connectivity index (χ1) is 13.9. The Balaban J connectivity index is 1.50. The van der Waals surface area contributed by atoms with Gasteiger partial charge in [-0.25, -0.2) is 18.4 Å². The Morgan fingerprint density at radius 3 is 2.41 bits per heavy atom. The van der Waals surface area contributed by atoms with E-state index in [9.17, 15) is 8.42 Å². The van der Waals surface area contributed by atoms with Gasteiger partial charge in [-0.2, -0.15) is 4.31 Å². The van der Waals surface area contributed by atoms with E-state index in [2.05, 4.69) is 19.4 Å². The van der Waals surface area contributed by atoms with E-state index < -0.39 is 10.0 Å². The van der Waals surface area contributed by atoms with Gasteiger partial charge in [0.05, 0.1) is 17.6 Å². The highest BCUT2D eigenvalue weighted by Gasteiger charge is 2.27. The van der Waals surface area contributed by atoms with Crippen LogP contribution in [-0.2, 0) is 23.6 Å². The number of fused-ring (bicyclic) bond motifs is 1. The predicted octanol–water partition coefficient (Wildman–Crippen LogP) is 1.54. The average molecular weight is 415 g/mol. The molecule has 9 heteroatoms. The molecular weight excluding hydrogens is 388 g/mol. The van der Waals surface area contributed by atoms with Gasteiger partial charge in [-0.3, -0.25) is 0 Å². The van der Waals surface area contributed by atoms with Crippen LogP contribution in [0.15, 0.2) is 47.5 Å². The van der Waals surface area contributed by atoms with E-state index in [4.69, 9.17) is 0 Å². The fourth-order valence-electron chi connectivity index (χ4n) is 3.56. The highest BCUT2D eigenvalue weighted by molar-refractivity contribution is 7.89. The quantitative estimate of drug-likeness (QED) is 0.631. The van der Waals surface area contributed by atoms with Crippen LogP contribution < -0.4 is 4.90 Å². The van der Waals surface area contributed by atoms with Gasteiger partial charge in [-0.05, 0) is 31.3 Å². The number of likely N-dealkylation sites (N-methyl/N-ethyl adjacent to an activating group) is 1. The van der Waals surface area contributed by atoms with E-state index >= 15 is 0 Å². The van der Waals surface area contributed by atoms with Crippen molar-refractivity contribution in [1.29, 1.82) is 0 Å². The van der Waals surface area contributed by atoms with Crippen molar-refractivity contribution in [2.45, 2.75) is 11.4 Å². The Kier molecular flexibility index (Phi) is 5.28. The lowest BCUT2D eigenvalue weighted by Gasteiger charge is -2.31. The van der Waals surface area contributed by atoms with Crippen molar-refractivity contribution in [2.75, 3.05) is 45.2 Å². The van der Waals surface area contributed by atoms with Crippen LogP contribution in [0.1, 0.15) is 5.82 Å². The summed E-state index contributed by atoms with van der Waals surface area (Å²) in [6, 6.07) is 11.4. The number of aromatic nitrogens is 3. The van der Waals surface area contributed by atoms with E-state index in [1.54, 1.807) is 12.1 Å². The van der Waals surface area contributed by atoms with Crippen molar-refractivity contribution in [1.82, 2.24) is 23.7 Å². The number of sulfonamides is 1. The van der Waals surface area contributed by atoms with Gasteiger partial charge in [0.2, 0.25) is 10.0 Å². The van der Waals surface area contributed by atoms with Crippen LogP contribution in [-0.4, -0.2) is 72.4 Å². The van der Waals surface area contributed by atoms with Crippen LogP contribution in [0.3, 0.4) is 0 Å². The Bertz CT molecular complexity index is 1100. The maximum absolute atomic E-state index is 12.9. The van der Waals surface area contributed by atoms with Gasteiger partial charge in [-0.1, -0.05) is 12.1 Å². The number of para-hydroxylation sites is 2. The zero-order chi connectivity index (χ0) is 20.6. The lowest BCUT2D eigenvalue weighted by molar-refractivity contribution is 0.222. The van der Waals surface area contributed by atoms with Gasteiger partial charge in [-0.15, -0.1) is 0 Å². The highest BCUT2D eigenvalue weighted by atomic mass is 32.2. The highest BCUT2D eigenvalue weighted by Crippen LogP contribution is 2.21. The van der Waals surface area contributed by atoms with Gasteiger partial charge in [0, 0.05) is 46.5 Å². The van der Waals surface area contributed by atoms with Crippen molar-refractivity contribution >= 4 is 26.9 Å². The van der Waals surface area contributed by atoms with E-state index in [0.29, 0.717) is 25.5 Å². The Morgan fingerprint density at radius 1 is 1.03 bits per heavy atom. The third-order valence-corrected chi connectivity index (χ3v) is 7.35. The van der Waals surface area contributed by atoms with Crippen LogP contribution in [0.2, 0.25) is 0 Å². The lowest BCUT2D eigenvalue weighted by Crippen LogP contribution is -2.47. The van der Waals surface area contributed by atoms with Crippen molar-refractivity contribution in [3.63, 3.8) is 0 Å². The molecule has 0 saturated carbocycles. The number of imidazole rings is 1. The SMILES string of the molecule is CN1CCN(S(=O)(=O)c2ccc(N(C)Cc3nc4ccccc4n3C)nc2)CC1. The van der Waals surface area contributed by atoms with Gasteiger partial charge < -0.3 is 14.4 Å². The molecule has 0 unspecified atom stereocenters. The molecule has 0 N–H and O–H groups in total. The summed E-state index contributed by atoms with van der Waals surface area (Å²) in [6.07, 6.45) is 1.45. The maximum atomic E-state index is 12.9. The van der Waals surface area contributed by atoms with E-state index in [1.807, 2.05) is 50.3 Å². The number of anilines is 1. The standard InChI is InChI=1S/C20H26N6O2S/c1-23-10-12-26(13-11-23)29(27,28)16-8-9-19(21-14-16)24(2)15-20-22-17-6-4-5-7-18(17)25(20)3/h4-9,14H,10-13,15H2,1-3H3. The van der Waals surface area contributed by atoms with Crippen molar-refractivity contribution in [2.24, 2.45) is 7.05 Å². The summed E-state index contributed by atoms with van der Waals surface area (Å²) < 4.78 is 29.3. The van der Waals surface area contributed by atoms with Crippen LogP contribution in [0.25, 0.3) is 11.0 Å². The maximum Gasteiger partial charge on any atom is 0.244 e. The Labute approximate surface area is 171 Å². The predicted molar refractivity (Wildman–Crippen MR) is 113 cm³/mol. The zero-order valence-electron chi connectivity index (χ0n) is 17.0.